The van der Waals surface area contributed by atoms with Gasteiger partial charge in [0.2, 0.25) is 5.91 Å². The third kappa shape index (κ3) is 9.62. The quantitative estimate of drug-likeness (QED) is 0.635. The molecule has 1 aromatic rings. The maximum absolute atomic E-state index is 12.3. The molecular weight excluding hydrogens is 362 g/mol. The lowest BCUT2D eigenvalue weighted by Gasteiger charge is -2.19. The van der Waals surface area contributed by atoms with Crippen LogP contribution in [0.4, 0.5) is 13.6 Å². The van der Waals surface area contributed by atoms with Gasteiger partial charge in [0.05, 0.1) is 7.11 Å². The van der Waals surface area contributed by atoms with E-state index in [1.165, 1.54) is 19.2 Å². The van der Waals surface area contributed by atoms with Crippen LogP contribution in [0, 0.1) is 0 Å². The Hall–Kier alpha value is -2.58. The number of ether oxygens (including phenoxy) is 3. The highest BCUT2D eigenvalue weighted by Crippen LogP contribution is 2.29. The van der Waals surface area contributed by atoms with Crippen molar-refractivity contribution in [2.24, 2.45) is 0 Å². The van der Waals surface area contributed by atoms with E-state index in [0.717, 1.165) is 0 Å². The number of hydrogen-bond donors (Lipinski definition) is 2. The number of rotatable bonds is 9. The molecule has 9 heteroatoms. The minimum absolute atomic E-state index is 0.0733. The third-order valence-electron chi connectivity index (χ3n) is 3.18. The van der Waals surface area contributed by atoms with E-state index in [-0.39, 0.29) is 30.4 Å². The predicted molar refractivity (Wildman–Crippen MR) is 94.9 cm³/mol. The van der Waals surface area contributed by atoms with E-state index >= 15 is 0 Å². The Morgan fingerprint density at radius 3 is 2.44 bits per heavy atom. The molecule has 152 valence electrons. The van der Waals surface area contributed by atoms with Crippen molar-refractivity contribution in [1.29, 1.82) is 0 Å². The van der Waals surface area contributed by atoms with Crippen LogP contribution in [0.1, 0.15) is 39.2 Å². The molecule has 0 radical (unpaired) electrons. The number of methoxy groups -OCH3 is 1. The summed E-state index contributed by atoms with van der Waals surface area (Å²) < 4.78 is 39.0. The van der Waals surface area contributed by atoms with Gasteiger partial charge in [0.1, 0.15) is 5.60 Å². The van der Waals surface area contributed by atoms with E-state index < -0.39 is 18.3 Å². The lowest BCUT2D eigenvalue weighted by atomic mass is 10.2. The second kappa shape index (κ2) is 10.5. The monoisotopic (exact) mass is 388 g/mol. The normalized spacial score (nSPS) is 11.1. The van der Waals surface area contributed by atoms with Crippen LogP contribution in [-0.4, -0.2) is 37.9 Å². The molecule has 0 saturated heterocycles. The number of amides is 2. The Morgan fingerprint density at radius 1 is 1.15 bits per heavy atom. The molecule has 2 N–H and O–H groups in total. The average Bonchev–Trinajstić information content (AvgIpc) is 2.55. The third-order valence-corrected chi connectivity index (χ3v) is 3.18. The number of carbonyl (C=O) groups is 2. The maximum atomic E-state index is 12.3. The summed E-state index contributed by atoms with van der Waals surface area (Å²) >= 11 is 0. The predicted octanol–water partition coefficient (Wildman–Crippen LogP) is 3.22. The highest BCUT2D eigenvalue weighted by Gasteiger charge is 2.15. The van der Waals surface area contributed by atoms with E-state index in [9.17, 15) is 18.4 Å². The Bertz CT molecular complexity index is 633. The first-order chi connectivity index (χ1) is 12.6. The molecule has 0 aliphatic carbocycles. The fourth-order valence-electron chi connectivity index (χ4n) is 2.06. The molecule has 0 spiro atoms. The topological polar surface area (TPSA) is 85.9 Å². The van der Waals surface area contributed by atoms with Crippen molar-refractivity contribution in [2.75, 3.05) is 13.7 Å². The summed E-state index contributed by atoms with van der Waals surface area (Å²) in [5.74, 6) is -0.118. The smallest absolute Gasteiger partial charge is 0.407 e. The number of carbonyl (C=O) groups excluding carboxylic acids is 2. The van der Waals surface area contributed by atoms with Gasteiger partial charge in [-0.25, -0.2) is 4.79 Å². The number of halogens is 2. The molecule has 7 nitrogen and oxygen atoms in total. The van der Waals surface area contributed by atoms with Gasteiger partial charge in [0, 0.05) is 19.5 Å². The molecule has 0 unspecified atom stereocenters. The summed E-state index contributed by atoms with van der Waals surface area (Å²) in [6.07, 6.45) is 0.149. The van der Waals surface area contributed by atoms with E-state index in [1.54, 1.807) is 26.8 Å². The molecular formula is C18H26F2N2O5. The van der Waals surface area contributed by atoms with Crippen LogP contribution in [-0.2, 0) is 16.1 Å². The number of hydrogen-bond acceptors (Lipinski definition) is 5. The van der Waals surface area contributed by atoms with Crippen LogP contribution < -0.4 is 20.1 Å². The van der Waals surface area contributed by atoms with Crippen molar-refractivity contribution in [2.45, 2.75) is 52.4 Å². The highest BCUT2D eigenvalue weighted by molar-refractivity contribution is 5.76. The second-order valence-electron chi connectivity index (χ2n) is 6.67. The van der Waals surface area contributed by atoms with Gasteiger partial charge in [-0.3, -0.25) is 4.79 Å². The van der Waals surface area contributed by atoms with Crippen LogP contribution in [0.25, 0.3) is 0 Å². The molecule has 0 aliphatic rings. The van der Waals surface area contributed by atoms with Crippen molar-refractivity contribution in [1.82, 2.24) is 10.6 Å². The van der Waals surface area contributed by atoms with E-state index in [2.05, 4.69) is 15.4 Å². The lowest BCUT2D eigenvalue weighted by Crippen LogP contribution is -2.33. The van der Waals surface area contributed by atoms with E-state index in [4.69, 9.17) is 9.47 Å². The first-order valence-electron chi connectivity index (χ1n) is 8.46. The summed E-state index contributed by atoms with van der Waals surface area (Å²) in [6, 6.07) is 4.43. The number of alkyl carbamates (subject to hydrolysis) is 1. The minimum Gasteiger partial charge on any atom is -0.493 e. The second-order valence-corrected chi connectivity index (χ2v) is 6.67. The summed E-state index contributed by atoms with van der Waals surface area (Å²) in [5.41, 5.74) is 0.104. The maximum Gasteiger partial charge on any atom is 0.407 e. The van der Waals surface area contributed by atoms with Gasteiger partial charge in [-0.1, -0.05) is 6.07 Å². The van der Waals surface area contributed by atoms with Crippen LogP contribution in [0.2, 0.25) is 0 Å². The van der Waals surface area contributed by atoms with Crippen molar-refractivity contribution < 1.29 is 32.6 Å². The average molecular weight is 388 g/mol. The Labute approximate surface area is 157 Å². The molecule has 0 heterocycles. The van der Waals surface area contributed by atoms with Gasteiger partial charge in [0.15, 0.2) is 11.5 Å². The summed E-state index contributed by atoms with van der Waals surface area (Å²) in [4.78, 5) is 23.3. The summed E-state index contributed by atoms with van der Waals surface area (Å²) in [5, 5.41) is 5.28. The van der Waals surface area contributed by atoms with Crippen molar-refractivity contribution in [3.63, 3.8) is 0 Å². The fourth-order valence-corrected chi connectivity index (χ4v) is 2.06. The van der Waals surface area contributed by atoms with Gasteiger partial charge < -0.3 is 24.8 Å². The molecule has 1 rings (SSSR count). The zero-order chi connectivity index (χ0) is 20.4. The molecule has 0 aliphatic heterocycles. The zero-order valence-electron chi connectivity index (χ0n) is 15.9. The Morgan fingerprint density at radius 2 is 1.85 bits per heavy atom. The first kappa shape index (κ1) is 22.5. The molecule has 0 atom stereocenters. The van der Waals surface area contributed by atoms with Gasteiger partial charge in [-0.15, -0.1) is 0 Å². The van der Waals surface area contributed by atoms with Crippen molar-refractivity contribution >= 4 is 12.0 Å². The van der Waals surface area contributed by atoms with Gasteiger partial charge in [-0.05, 0) is 44.9 Å². The minimum atomic E-state index is -2.95. The molecule has 0 bridgehead atoms. The van der Waals surface area contributed by atoms with Crippen molar-refractivity contribution in [3.8, 4) is 11.5 Å². The molecule has 0 aromatic heterocycles. The lowest BCUT2D eigenvalue weighted by molar-refractivity contribution is -0.121. The molecule has 27 heavy (non-hydrogen) atoms. The number of nitrogens with one attached hydrogen (secondary N) is 2. The standard InChI is InChI=1S/C18H26F2N2O5/c1-18(2,3)27-17(24)21-9-5-6-15(23)22-11-12-7-8-13(26-16(19)20)14(10-12)25-4/h7-8,10,16H,5-6,9,11H2,1-4H3,(H,21,24)(H,22,23). The largest absolute Gasteiger partial charge is 0.493 e. The molecule has 0 fully saturated rings. The van der Waals surface area contributed by atoms with Gasteiger partial charge in [0.25, 0.3) is 0 Å². The van der Waals surface area contributed by atoms with Crippen LogP contribution >= 0.6 is 0 Å². The Balaban J connectivity index is 2.35. The van der Waals surface area contributed by atoms with E-state index in [1.807, 2.05) is 0 Å². The summed E-state index contributed by atoms with van der Waals surface area (Å²) in [7, 11) is 1.34. The van der Waals surface area contributed by atoms with Gasteiger partial charge >= 0.3 is 12.7 Å². The van der Waals surface area contributed by atoms with Crippen molar-refractivity contribution in [3.05, 3.63) is 23.8 Å². The number of benzene rings is 1. The van der Waals surface area contributed by atoms with Gasteiger partial charge in [-0.2, -0.15) is 8.78 Å². The molecule has 2 amide bonds. The van der Waals surface area contributed by atoms with Crippen LogP contribution in [0.5, 0.6) is 11.5 Å². The first-order valence-corrected chi connectivity index (χ1v) is 8.46. The molecule has 0 saturated carbocycles. The molecule has 1 aromatic carbocycles. The fraction of sp³-hybridized carbons (Fsp3) is 0.556. The SMILES string of the molecule is COc1cc(CNC(=O)CCCNC(=O)OC(C)(C)C)ccc1OC(F)F. The Kier molecular flexibility index (Phi) is 8.77. The van der Waals surface area contributed by atoms with E-state index in [0.29, 0.717) is 18.5 Å². The number of alkyl halides is 2. The van der Waals surface area contributed by atoms with Crippen LogP contribution in [0.15, 0.2) is 18.2 Å². The van der Waals surface area contributed by atoms with Crippen LogP contribution in [0.3, 0.4) is 0 Å². The highest BCUT2D eigenvalue weighted by atomic mass is 19.3. The summed E-state index contributed by atoms with van der Waals surface area (Å²) in [6.45, 7) is 2.88. The zero-order valence-corrected chi connectivity index (χ0v) is 15.9.